The molecule has 4 nitrogen and oxygen atoms in total. The first kappa shape index (κ1) is 11.5. The zero-order valence-corrected chi connectivity index (χ0v) is 9.85. The Bertz CT molecular complexity index is 531. The molecule has 0 atom stereocenters. The van der Waals surface area contributed by atoms with E-state index in [1.54, 1.807) is 7.11 Å². The predicted molar refractivity (Wildman–Crippen MR) is 66.9 cm³/mol. The Morgan fingerprint density at radius 3 is 2.94 bits per heavy atom. The number of methoxy groups -OCH3 is 1. The van der Waals surface area contributed by atoms with E-state index < -0.39 is 0 Å². The number of nitrogens with two attached hydrogens (primary N) is 1. The van der Waals surface area contributed by atoms with Gasteiger partial charge in [0.05, 0.1) is 7.11 Å². The van der Waals surface area contributed by atoms with Gasteiger partial charge in [0.15, 0.2) is 0 Å². The van der Waals surface area contributed by atoms with Crippen LogP contribution in [0.1, 0.15) is 12.8 Å². The van der Waals surface area contributed by atoms with Crippen LogP contribution in [-0.4, -0.2) is 17.6 Å². The summed E-state index contributed by atoms with van der Waals surface area (Å²) in [7, 11) is 1.66. The van der Waals surface area contributed by atoms with Crippen molar-refractivity contribution in [1.82, 2.24) is 4.57 Å². The molecule has 4 heteroatoms. The van der Waals surface area contributed by atoms with Crippen molar-refractivity contribution in [3.63, 3.8) is 0 Å². The molecule has 1 aromatic carbocycles. The lowest BCUT2D eigenvalue weighted by Crippen LogP contribution is -2.11. The van der Waals surface area contributed by atoms with E-state index >= 15 is 0 Å². The summed E-state index contributed by atoms with van der Waals surface area (Å²) in [4.78, 5) is 10.7. The molecule has 0 bridgehead atoms. The minimum atomic E-state index is -0.247. The van der Waals surface area contributed by atoms with Crippen molar-refractivity contribution < 1.29 is 9.53 Å². The number of rotatable bonds is 5. The molecule has 17 heavy (non-hydrogen) atoms. The van der Waals surface area contributed by atoms with Crippen LogP contribution in [0.3, 0.4) is 0 Å². The van der Waals surface area contributed by atoms with Crippen molar-refractivity contribution >= 4 is 16.8 Å². The highest BCUT2D eigenvalue weighted by Crippen LogP contribution is 2.22. The number of amides is 1. The summed E-state index contributed by atoms with van der Waals surface area (Å²) in [6.07, 6.45) is 3.21. The first-order valence-electron chi connectivity index (χ1n) is 5.62. The summed E-state index contributed by atoms with van der Waals surface area (Å²) < 4.78 is 7.30. The third kappa shape index (κ3) is 2.58. The molecule has 2 N–H and O–H groups in total. The normalized spacial score (nSPS) is 10.6. The predicted octanol–water partition coefficient (Wildman–Crippen LogP) is 1.92. The zero-order chi connectivity index (χ0) is 12.3. The molecule has 0 aliphatic rings. The third-order valence-electron chi connectivity index (χ3n) is 2.80. The first-order valence-corrected chi connectivity index (χ1v) is 5.62. The van der Waals surface area contributed by atoms with E-state index in [9.17, 15) is 4.79 Å². The maximum Gasteiger partial charge on any atom is 0.217 e. The zero-order valence-electron chi connectivity index (χ0n) is 9.85. The monoisotopic (exact) mass is 232 g/mol. The average Bonchev–Trinajstić information content (AvgIpc) is 2.71. The first-order chi connectivity index (χ1) is 8.20. The number of aromatic nitrogens is 1. The van der Waals surface area contributed by atoms with Crippen LogP contribution in [0.15, 0.2) is 30.5 Å². The summed E-state index contributed by atoms with van der Waals surface area (Å²) >= 11 is 0. The Morgan fingerprint density at radius 1 is 1.41 bits per heavy atom. The summed E-state index contributed by atoms with van der Waals surface area (Å²) in [5, 5.41) is 1.14. The van der Waals surface area contributed by atoms with Gasteiger partial charge in [-0.2, -0.15) is 0 Å². The van der Waals surface area contributed by atoms with Crippen LogP contribution in [0.4, 0.5) is 0 Å². The van der Waals surface area contributed by atoms with Crippen molar-refractivity contribution in [3.8, 4) is 5.75 Å². The number of primary amides is 1. The molecule has 1 aromatic heterocycles. The molecule has 2 rings (SSSR count). The molecule has 0 aliphatic carbocycles. The van der Waals surface area contributed by atoms with Gasteiger partial charge in [-0.1, -0.05) is 0 Å². The fraction of sp³-hybridized carbons (Fsp3) is 0.308. The van der Waals surface area contributed by atoms with Crippen LogP contribution >= 0.6 is 0 Å². The van der Waals surface area contributed by atoms with Gasteiger partial charge in [0.25, 0.3) is 0 Å². The van der Waals surface area contributed by atoms with Gasteiger partial charge in [-0.3, -0.25) is 4.79 Å². The fourth-order valence-corrected chi connectivity index (χ4v) is 1.92. The lowest BCUT2D eigenvalue weighted by atomic mass is 10.2. The standard InChI is InChI=1S/C13H16N2O2/c1-17-11-4-5-12-10(9-11)6-8-15(12)7-2-3-13(14)16/h4-6,8-9H,2-3,7H2,1H3,(H2,14,16). The molecule has 0 saturated heterocycles. The van der Waals surface area contributed by atoms with Crippen LogP contribution < -0.4 is 10.5 Å². The van der Waals surface area contributed by atoms with Crippen LogP contribution in [0.25, 0.3) is 10.9 Å². The second-order valence-corrected chi connectivity index (χ2v) is 4.00. The van der Waals surface area contributed by atoms with Gasteiger partial charge in [0.2, 0.25) is 5.91 Å². The van der Waals surface area contributed by atoms with Gasteiger partial charge >= 0.3 is 0 Å². The largest absolute Gasteiger partial charge is 0.497 e. The van der Waals surface area contributed by atoms with Gasteiger partial charge in [-0.05, 0) is 30.7 Å². The van der Waals surface area contributed by atoms with Gasteiger partial charge in [0.1, 0.15) is 5.75 Å². The Labute approximate surface area is 100.0 Å². The summed E-state index contributed by atoms with van der Waals surface area (Å²) in [5.41, 5.74) is 6.27. The van der Waals surface area contributed by atoms with Crippen LogP contribution in [-0.2, 0) is 11.3 Å². The van der Waals surface area contributed by atoms with E-state index in [-0.39, 0.29) is 5.91 Å². The summed E-state index contributed by atoms with van der Waals surface area (Å²) in [6, 6.07) is 8.01. The minimum absolute atomic E-state index is 0.247. The SMILES string of the molecule is COc1ccc2c(ccn2CCCC(N)=O)c1. The summed E-state index contributed by atoms with van der Waals surface area (Å²) in [6.45, 7) is 0.804. The van der Waals surface area contributed by atoms with Crippen molar-refractivity contribution in [2.75, 3.05) is 7.11 Å². The van der Waals surface area contributed by atoms with Crippen LogP contribution in [0.2, 0.25) is 0 Å². The molecule has 1 heterocycles. The minimum Gasteiger partial charge on any atom is -0.497 e. The Kier molecular flexibility index (Phi) is 3.32. The van der Waals surface area contributed by atoms with E-state index in [2.05, 4.69) is 4.57 Å². The van der Waals surface area contributed by atoms with Crippen molar-refractivity contribution in [2.24, 2.45) is 5.73 Å². The third-order valence-corrected chi connectivity index (χ3v) is 2.80. The second kappa shape index (κ2) is 4.91. The smallest absolute Gasteiger partial charge is 0.217 e. The lowest BCUT2D eigenvalue weighted by molar-refractivity contribution is -0.118. The molecule has 0 radical (unpaired) electrons. The highest BCUT2D eigenvalue weighted by Gasteiger charge is 2.03. The quantitative estimate of drug-likeness (QED) is 0.856. The second-order valence-electron chi connectivity index (χ2n) is 4.00. The number of benzene rings is 1. The van der Waals surface area contributed by atoms with E-state index in [1.165, 1.54) is 0 Å². The summed E-state index contributed by atoms with van der Waals surface area (Å²) in [5.74, 6) is 0.607. The Balaban J connectivity index is 2.16. The van der Waals surface area contributed by atoms with Gasteiger partial charge in [-0.15, -0.1) is 0 Å². The van der Waals surface area contributed by atoms with Crippen LogP contribution in [0, 0.1) is 0 Å². The highest BCUT2D eigenvalue weighted by atomic mass is 16.5. The number of nitrogens with zero attached hydrogens (tertiary/aromatic N) is 1. The Hall–Kier alpha value is -1.97. The highest BCUT2D eigenvalue weighted by molar-refractivity contribution is 5.81. The number of ether oxygens (including phenoxy) is 1. The maximum atomic E-state index is 10.7. The number of aryl methyl sites for hydroxylation is 1. The number of hydrogen-bond donors (Lipinski definition) is 1. The lowest BCUT2D eigenvalue weighted by Gasteiger charge is -2.05. The molecule has 0 fully saturated rings. The van der Waals surface area contributed by atoms with Gasteiger partial charge in [0, 0.05) is 30.1 Å². The average molecular weight is 232 g/mol. The molecule has 0 aliphatic heterocycles. The van der Waals surface area contributed by atoms with Gasteiger partial charge in [-0.25, -0.2) is 0 Å². The van der Waals surface area contributed by atoms with Gasteiger partial charge < -0.3 is 15.0 Å². The molecule has 0 unspecified atom stereocenters. The van der Waals surface area contributed by atoms with E-state index in [4.69, 9.17) is 10.5 Å². The fourth-order valence-electron chi connectivity index (χ4n) is 1.92. The molecular formula is C13H16N2O2. The number of carbonyl (C=O) groups excluding carboxylic acids is 1. The van der Waals surface area contributed by atoms with Crippen LogP contribution in [0.5, 0.6) is 5.75 Å². The molecule has 0 spiro atoms. The number of hydrogen-bond acceptors (Lipinski definition) is 2. The van der Waals surface area contributed by atoms with Crippen molar-refractivity contribution in [2.45, 2.75) is 19.4 Å². The van der Waals surface area contributed by atoms with E-state index in [0.717, 1.165) is 29.6 Å². The van der Waals surface area contributed by atoms with E-state index in [1.807, 2.05) is 30.5 Å². The van der Waals surface area contributed by atoms with Crippen molar-refractivity contribution in [1.29, 1.82) is 0 Å². The maximum absolute atomic E-state index is 10.7. The molecule has 2 aromatic rings. The molecular weight excluding hydrogens is 216 g/mol. The number of fused-ring (bicyclic) bond motifs is 1. The molecule has 0 saturated carbocycles. The topological polar surface area (TPSA) is 57.2 Å². The number of carbonyl (C=O) groups is 1. The molecule has 90 valence electrons. The Morgan fingerprint density at radius 2 is 2.24 bits per heavy atom. The van der Waals surface area contributed by atoms with Crippen molar-refractivity contribution in [3.05, 3.63) is 30.5 Å². The van der Waals surface area contributed by atoms with E-state index in [0.29, 0.717) is 6.42 Å². The molecule has 1 amide bonds.